The first-order chi connectivity index (χ1) is 9.97. The van der Waals surface area contributed by atoms with Crippen LogP contribution in [0.3, 0.4) is 0 Å². The standard InChI is InChI=1S/C10H7ClN4O4S2/c11-10-14-7-6(9(15-10)21-2-5(18)19)12-3-13-8(7)20-1-4(16)17/h3H,1-2H2,(H,16,17)(H,18,19). The van der Waals surface area contributed by atoms with Crippen LogP contribution in [0.4, 0.5) is 0 Å². The van der Waals surface area contributed by atoms with Gasteiger partial charge in [0.1, 0.15) is 27.4 Å². The normalized spacial score (nSPS) is 10.7. The molecule has 2 aromatic rings. The number of halogens is 1. The second-order valence-corrected chi connectivity index (χ2v) is 5.80. The fourth-order valence-corrected chi connectivity index (χ4v) is 2.92. The van der Waals surface area contributed by atoms with Gasteiger partial charge in [-0.2, -0.15) is 0 Å². The largest absolute Gasteiger partial charge is 0.481 e. The fraction of sp³-hybridized carbons (Fsp3) is 0.200. The minimum absolute atomic E-state index is 0.0811. The molecule has 0 aromatic carbocycles. The number of aromatic nitrogens is 4. The molecule has 0 aliphatic rings. The summed E-state index contributed by atoms with van der Waals surface area (Å²) >= 11 is 7.74. The third-order valence-electron chi connectivity index (χ3n) is 2.05. The molecule has 0 atom stereocenters. The van der Waals surface area contributed by atoms with Crippen molar-refractivity contribution in [2.75, 3.05) is 11.5 Å². The predicted molar refractivity (Wildman–Crippen MR) is 76.9 cm³/mol. The van der Waals surface area contributed by atoms with Crippen LogP contribution in [0.2, 0.25) is 5.28 Å². The molecule has 110 valence electrons. The summed E-state index contributed by atoms with van der Waals surface area (Å²) < 4.78 is 0. The summed E-state index contributed by atoms with van der Waals surface area (Å²) in [6, 6.07) is 0. The highest BCUT2D eigenvalue weighted by Gasteiger charge is 2.15. The van der Waals surface area contributed by atoms with Gasteiger partial charge in [0.2, 0.25) is 5.28 Å². The van der Waals surface area contributed by atoms with E-state index in [1.165, 1.54) is 6.33 Å². The Morgan fingerprint density at radius 1 is 1.00 bits per heavy atom. The van der Waals surface area contributed by atoms with Crippen LogP contribution in [0.15, 0.2) is 16.4 Å². The number of nitrogens with zero attached hydrogens (tertiary/aromatic N) is 4. The van der Waals surface area contributed by atoms with Gasteiger partial charge >= 0.3 is 11.9 Å². The van der Waals surface area contributed by atoms with E-state index in [2.05, 4.69) is 19.9 Å². The van der Waals surface area contributed by atoms with Crippen LogP contribution in [0.1, 0.15) is 0 Å². The second kappa shape index (κ2) is 6.87. The molecular weight excluding hydrogens is 340 g/mol. The molecule has 0 unspecified atom stereocenters. The highest BCUT2D eigenvalue weighted by molar-refractivity contribution is 8.00. The van der Waals surface area contributed by atoms with Crippen molar-refractivity contribution in [2.45, 2.75) is 10.1 Å². The summed E-state index contributed by atoms with van der Waals surface area (Å²) in [5, 5.41) is 18.0. The average Bonchev–Trinajstić information content (AvgIpc) is 2.42. The Kier molecular flexibility index (Phi) is 5.15. The van der Waals surface area contributed by atoms with Crippen molar-refractivity contribution in [1.82, 2.24) is 19.9 Å². The van der Waals surface area contributed by atoms with Crippen molar-refractivity contribution >= 4 is 58.1 Å². The van der Waals surface area contributed by atoms with Crippen molar-refractivity contribution in [3.8, 4) is 0 Å². The SMILES string of the molecule is O=C(O)CSc1nc(Cl)nc2c(SCC(=O)O)ncnc12. The minimum Gasteiger partial charge on any atom is -0.481 e. The molecule has 0 aliphatic carbocycles. The van der Waals surface area contributed by atoms with Crippen molar-refractivity contribution in [3.63, 3.8) is 0 Å². The van der Waals surface area contributed by atoms with E-state index in [1.54, 1.807) is 0 Å². The first-order valence-electron chi connectivity index (χ1n) is 5.35. The summed E-state index contributed by atoms with van der Waals surface area (Å²) in [4.78, 5) is 37.2. The molecule has 21 heavy (non-hydrogen) atoms. The zero-order chi connectivity index (χ0) is 15.4. The Balaban J connectivity index is 2.44. The number of hydrogen-bond acceptors (Lipinski definition) is 8. The van der Waals surface area contributed by atoms with Crippen LogP contribution >= 0.6 is 35.1 Å². The highest BCUT2D eigenvalue weighted by atomic mass is 35.5. The van der Waals surface area contributed by atoms with Gasteiger partial charge in [0, 0.05) is 0 Å². The van der Waals surface area contributed by atoms with Gasteiger partial charge in [-0.05, 0) is 11.6 Å². The number of thioether (sulfide) groups is 2. The van der Waals surface area contributed by atoms with Gasteiger partial charge in [-0.15, -0.1) is 0 Å². The first-order valence-corrected chi connectivity index (χ1v) is 7.69. The van der Waals surface area contributed by atoms with E-state index in [1.807, 2.05) is 0 Å². The van der Waals surface area contributed by atoms with Crippen LogP contribution in [0.5, 0.6) is 0 Å². The molecule has 2 aromatic heterocycles. The van der Waals surface area contributed by atoms with Crippen LogP contribution in [0, 0.1) is 0 Å². The van der Waals surface area contributed by atoms with Crippen molar-refractivity contribution in [2.24, 2.45) is 0 Å². The van der Waals surface area contributed by atoms with Crippen LogP contribution in [-0.2, 0) is 9.59 Å². The fourth-order valence-electron chi connectivity index (χ4n) is 1.34. The molecule has 0 spiro atoms. The number of aliphatic carboxylic acids is 2. The number of rotatable bonds is 6. The highest BCUT2D eigenvalue weighted by Crippen LogP contribution is 2.29. The quantitative estimate of drug-likeness (QED) is 0.450. The summed E-state index contributed by atoms with van der Waals surface area (Å²) in [6.45, 7) is 0. The van der Waals surface area contributed by atoms with Crippen LogP contribution < -0.4 is 0 Å². The number of hydrogen-bond donors (Lipinski definition) is 2. The van der Waals surface area contributed by atoms with E-state index in [0.717, 1.165) is 23.5 Å². The molecule has 2 heterocycles. The Morgan fingerprint density at radius 2 is 1.62 bits per heavy atom. The van der Waals surface area contributed by atoms with Crippen LogP contribution in [-0.4, -0.2) is 53.6 Å². The van der Waals surface area contributed by atoms with E-state index in [0.29, 0.717) is 21.1 Å². The third kappa shape index (κ3) is 4.16. The number of carboxylic acid groups (broad SMARTS) is 2. The van der Waals surface area contributed by atoms with Gasteiger partial charge in [0.25, 0.3) is 0 Å². The smallest absolute Gasteiger partial charge is 0.313 e. The Bertz CT molecular complexity index is 715. The minimum atomic E-state index is -1.00. The summed E-state index contributed by atoms with van der Waals surface area (Å²) in [5.41, 5.74) is 0.644. The van der Waals surface area contributed by atoms with Gasteiger partial charge in [-0.25, -0.2) is 19.9 Å². The van der Waals surface area contributed by atoms with Crippen molar-refractivity contribution in [3.05, 3.63) is 11.6 Å². The summed E-state index contributed by atoms with van der Waals surface area (Å²) in [6.07, 6.45) is 1.24. The Hall–Kier alpha value is -1.65. The lowest BCUT2D eigenvalue weighted by Gasteiger charge is -2.06. The van der Waals surface area contributed by atoms with Crippen LogP contribution in [0.25, 0.3) is 11.0 Å². The van der Waals surface area contributed by atoms with Gasteiger partial charge in [-0.1, -0.05) is 23.5 Å². The molecule has 0 fully saturated rings. The Labute approximate surface area is 131 Å². The van der Waals surface area contributed by atoms with Gasteiger partial charge < -0.3 is 10.2 Å². The van der Waals surface area contributed by atoms with Gasteiger partial charge in [0.05, 0.1) is 11.5 Å². The molecule has 0 aliphatic heterocycles. The second-order valence-electron chi connectivity index (χ2n) is 3.54. The van der Waals surface area contributed by atoms with Crippen molar-refractivity contribution < 1.29 is 19.8 Å². The molecule has 11 heteroatoms. The number of carbonyl (C=O) groups is 2. The van der Waals surface area contributed by atoms with E-state index in [-0.39, 0.29) is 16.8 Å². The molecule has 0 bridgehead atoms. The van der Waals surface area contributed by atoms with Gasteiger partial charge in [-0.3, -0.25) is 9.59 Å². The number of fused-ring (bicyclic) bond motifs is 1. The average molecular weight is 347 g/mol. The molecule has 2 rings (SSSR count). The van der Waals surface area contributed by atoms with Gasteiger partial charge in [0.15, 0.2) is 0 Å². The maximum atomic E-state index is 10.6. The topological polar surface area (TPSA) is 126 Å². The Morgan fingerprint density at radius 3 is 2.24 bits per heavy atom. The van der Waals surface area contributed by atoms with E-state index in [9.17, 15) is 9.59 Å². The van der Waals surface area contributed by atoms with Crippen molar-refractivity contribution in [1.29, 1.82) is 0 Å². The lowest BCUT2D eigenvalue weighted by atomic mass is 10.4. The molecule has 0 saturated heterocycles. The molecule has 0 saturated carbocycles. The lowest BCUT2D eigenvalue weighted by molar-refractivity contribution is -0.134. The molecule has 0 radical (unpaired) electrons. The van der Waals surface area contributed by atoms with E-state index < -0.39 is 11.9 Å². The number of carboxylic acids is 2. The zero-order valence-corrected chi connectivity index (χ0v) is 12.6. The molecular formula is C10H7ClN4O4S2. The predicted octanol–water partition coefficient (Wildman–Crippen LogP) is 1.43. The third-order valence-corrected chi connectivity index (χ3v) is 4.14. The zero-order valence-electron chi connectivity index (χ0n) is 10.2. The molecule has 8 nitrogen and oxygen atoms in total. The monoisotopic (exact) mass is 346 g/mol. The summed E-state index contributed by atoms with van der Waals surface area (Å²) in [5.74, 6) is -2.39. The van der Waals surface area contributed by atoms with E-state index >= 15 is 0 Å². The van der Waals surface area contributed by atoms with E-state index in [4.69, 9.17) is 21.8 Å². The summed E-state index contributed by atoms with van der Waals surface area (Å²) in [7, 11) is 0. The first kappa shape index (κ1) is 15.7. The lowest BCUT2D eigenvalue weighted by Crippen LogP contribution is -2.02. The maximum Gasteiger partial charge on any atom is 0.313 e. The molecule has 0 amide bonds. The molecule has 2 N–H and O–H groups in total. The maximum absolute atomic E-state index is 10.6.